The van der Waals surface area contributed by atoms with Crippen molar-refractivity contribution in [3.63, 3.8) is 0 Å². The number of thioether (sulfide) groups is 1. The Bertz CT molecular complexity index is 458. The van der Waals surface area contributed by atoms with Crippen molar-refractivity contribution >= 4 is 23.1 Å². The van der Waals surface area contributed by atoms with Crippen molar-refractivity contribution < 1.29 is 4.39 Å². The van der Waals surface area contributed by atoms with Crippen molar-refractivity contribution in [1.82, 2.24) is 10.2 Å². The molecule has 0 fully saturated rings. The van der Waals surface area contributed by atoms with Gasteiger partial charge >= 0.3 is 0 Å². The zero-order valence-electron chi connectivity index (χ0n) is 9.21. The van der Waals surface area contributed by atoms with Gasteiger partial charge in [0.2, 0.25) is 0 Å². The molecule has 1 aromatic carbocycles. The summed E-state index contributed by atoms with van der Waals surface area (Å²) in [5, 5.41) is 7.90. The molecule has 0 bridgehead atoms. The second-order valence-electron chi connectivity index (χ2n) is 3.60. The van der Waals surface area contributed by atoms with Crippen molar-refractivity contribution in [2.45, 2.75) is 22.6 Å². The fraction of sp³-hybridized carbons (Fsp3) is 0.273. The second kappa shape index (κ2) is 5.57. The first-order valence-electron chi connectivity index (χ1n) is 5.10. The van der Waals surface area contributed by atoms with Crippen molar-refractivity contribution in [2.24, 2.45) is 5.73 Å². The summed E-state index contributed by atoms with van der Waals surface area (Å²) in [4.78, 5) is 0. The monoisotopic (exact) mass is 269 g/mol. The molecular weight excluding hydrogens is 257 g/mol. The van der Waals surface area contributed by atoms with Crippen molar-refractivity contribution in [2.75, 3.05) is 0 Å². The van der Waals surface area contributed by atoms with Crippen LogP contribution in [0.15, 0.2) is 34.1 Å². The van der Waals surface area contributed by atoms with E-state index < -0.39 is 0 Å². The minimum Gasteiger partial charge on any atom is -0.323 e. The van der Waals surface area contributed by atoms with Crippen LogP contribution in [0, 0.1) is 5.82 Å². The van der Waals surface area contributed by atoms with E-state index in [1.165, 1.54) is 23.5 Å². The van der Waals surface area contributed by atoms with E-state index in [2.05, 4.69) is 10.2 Å². The normalized spacial score (nSPS) is 14.5. The van der Waals surface area contributed by atoms with Gasteiger partial charge in [-0.1, -0.05) is 42.2 Å². The maximum absolute atomic E-state index is 12.8. The molecule has 17 heavy (non-hydrogen) atoms. The van der Waals surface area contributed by atoms with E-state index >= 15 is 0 Å². The van der Waals surface area contributed by atoms with Crippen molar-refractivity contribution in [3.8, 4) is 0 Å². The van der Waals surface area contributed by atoms with Gasteiger partial charge in [0.05, 0.1) is 0 Å². The molecule has 1 heterocycles. The fourth-order valence-corrected chi connectivity index (χ4v) is 3.20. The number of hydrogen-bond acceptors (Lipinski definition) is 5. The number of nitrogens with two attached hydrogens (primary N) is 1. The maximum Gasteiger partial charge on any atom is 0.174 e. The lowest BCUT2D eigenvalue weighted by molar-refractivity contribution is 0.624. The molecule has 0 aliphatic heterocycles. The van der Waals surface area contributed by atoms with E-state index in [0.717, 1.165) is 9.90 Å². The zero-order chi connectivity index (χ0) is 12.3. The van der Waals surface area contributed by atoms with Crippen LogP contribution >= 0.6 is 23.1 Å². The third kappa shape index (κ3) is 3.24. The Morgan fingerprint density at radius 3 is 2.65 bits per heavy atom. The quantitative estimate of drug-likeness (QED) is 0.867. The molecule has 0 aliphatic rings. The zero-order valence-corrected chi connectivity index (χ0v) is 10.8. The lowest BCUT2D eigenvalue weighted by atomic mass is 10.1. The highest BCUT2D eigenvalue weighted by Gasteiger charge is 2.17. The van der Waals surface area contributed by atoms with Gasteiger partial charge in [0.1, 0.15) is 11.3 Å². The van der Waals surface area contributed by atoms with Crippen molar-refractivity contribution in [3.05, 3.63) is 41.2 Å². The van der Waals surface area contributed by atoms with Crippen LogP contribution in [0.4, 0.5) is 4.39 Å². The van der Waals surface area contributed by atoms with Crippen LogP contribution in [0.25, 0.3) is 0 Å². The third-order valence-electron chi connectivity index (χ3n) is 2.39. The van der Waals surface area contributed by atoms with Gasteiger partial charge in [-0.25, -0.2) is 4.39 Å². The van der Waals surface area contributed by atoms with Gasteiger partial charge in [0.15, 0.2) is 4.34 Å². The predicted octanol–water partition coefficient (Wildman–Crippen LogP) is 2.86. The molecule has 1 aromatic heterocycles. The van der Waals surface area contributed by atoms with Crippen molar-refractivity contribution in [1.29, 1.82) is 0 Å². The Labute approximate surface area is 107 Å². The molecule has 2 unspecified atom stereocenters. The average molecular weight is 269 g/mol. The van der Waals surface area contributed by atoms with E-state index in [1.54, 1.807) is 29.4 Å². The highest BCUT2D eigenvalue weighted by atomic mass is 32.2. The van der Waals surface area contributed by atoms with Crippen LogP contribution in [-0.4, -0.2) is 15.4 Å². The van der Waals surface area contributed by atoms with E-state index in [9.17, 15) is 4.39 Å². The summed E-state index contributed by atoms with van der Waals surface area (Å²) < 4.78 is 13.7. The SMILES string of the molecule is CC(Sc1nncs1)C(N)c1ccc(F)cc1. The topological polar surface area (TPSA) is 51.8 Å². The van der Waals surface area contributed by atoms with Crippen LogP contribution in [0.1, 0.15) is 18.5 Å². The van der Waals surface area contributed by atoms with Crippen LogP contribution < -0.4 is 5.73 Å². The Morgan fingerprint density at radius 2 is 2.06 bits per heavy atom. The second-order valence-corrected chi connectivity index (χ2v) is 6.06. The lowest BCUT2D eigenvalue weighted by Crippen LogP contribution is -2.20. The third-order valence-corrected chi connectivity index (χ3v) is 4.40. The summed E-state index contributed by atoms with van der Waals surface area (Å²) in [7, 11) is 0. The average Bonchev–Trinajstić information content (AvgIpc) is 2.82. The summed E-state index contributed by atoms with van der Waals surface area (Å²) in [5.74, 6) is -0.245. The standard InChI is InChI=1S/C11H12FN3S2/c1-7(17-11-15-14-6-16-11)10(13)8-2-4-9(12)5-3-8/h2-7,10H,13H2,1H3. The fourth-order valence-electron chi connectivity index (χ4n) is 1.40. The minimum atomic E-state index is -0.245. The van der Waals surface area contributed by atoms with E-state index in [1.807, 2.05) is 6.92 Å². The first kappa shape index (κ1) is 12.5. The summed E-state index contributed by atoms with van der Waals surface area (Å²) >= 11 is 3.08. The molecule has 2 N–H and O–H groups in total. The molecule has 6 heteroatoms. The molecule has 0 saturated carbocycles. The molecule has 0 aliphatic carbocycles. The maximum atomic E-state index is 12.8. The molecule has 0 saturated heterocycles. The Morgan fingerprint density at radius 1 is 1.35 bits per heavy atom. The Kier molecular flexibility index (Phi) is 4.09. The number of nitrogens with zero attached hydrogens (tertiary/aromatic N) is 2. The predicted molar refractivity (Wildman–Crippen MR) is 68.6 cm³/mol. The summed E-state index contributed by atoms with van der Waals surface area (Å²) in [6.45, 7) is 2.03. The molecule has 2 atom stereocenters. The number of rotatable bonds is 4. The number of halogens is 1. The highest BCUT2D eigenvalue weighted by molar-refractivity contribution is 8.01. The van der Waals surface area contributed by atoms with Gasteiger partial charge in [-0.05, 0) is 17.7 Å². The smallest absolute Gasteiger partial charge is 0.174 e. The molecule has 2 rings (SSSR count). The number of hydrogen-bond donors (Lipinski definition) is 1. The van der Waals surface area contributed by atoms with Gasteiger partial charge < -0.3 is 5.73 Å². The summed E-state index contributed by atoms with van der Waals surface area (Å²) in [6, 6.07) is 6.15. The molecular formula is C11H12FN3S2. The van der Waals surface area contributed by atoms with E-state index in [4.69, 9.17) is 5.73 Å². The van der Waals surface area contributed by atoms with Gasteiger partial charge in [-0.2, -0.15) is 0 Å². The first-order chi connectivity index (χ1) is 8.16. The Balaban J connectivity index is 2.04. The number of benzene rings is 1. The van der Waals surface area contributed by atoms with Crippen LogP contribution in [-0.2, 0) is 0 Å². The molecule has 0 radical (unpaired) electrons. The van der Waals surface area contributed by atoms with Gasteiger partial charge in [0.25, 0.3) is 0 Å². The molecule has 0 amide bonds. The first-order valence-corrected chi connectivity index (χ1v) is 6.86. The lowest BCUT2D eigenvalue weighted by Gasteiger charge is -2.18. The minimum absolute atomic E-state index is 0.149. The molecule has 0 spiro atoms. The van der Waals surface area contributed by atoms with E-state index in [0.29, 0.717) is 0 Å². The highest BCUT2D eigenvalue weighted by Crippen LogP contribution is 2.31. The molecule has 2 aromatic rings. The van der Waals surface area contributed by atoms with Gasteiger partial charge in [-0.3, -0.25) is 0 Å². The van der Waals surface area contributed by atoms with Gasteiger partial charge in [-0.15, -0.1) is 10.2 Å². The van der Waals surface area contributed by atoms with Crippen LogP contribution in [0.3, 0.4) is 0 Å². The Hall–Kier alpha value is -0.980. The molecule has 3 nitrogen and oxygen atoms in total. The van der Waals surface area contributed by atoms with Crippen LogP contribution in [0.2, 0.25) is 0 Å². The molecule has 90 valence electrons. The van der Waals surface area contributed by atoms with Crippen LogP contribution in [0.5, 0.6) is 0 Å². The number of aromatic nitrogens is 2. The summed E-state index contributed by atoms with van der Waals surface area (Å²) in [5.41, 5.74) is 8.74. The largest absolute Gasteiger partial charge is 0.323 e. The summed E-state index contributed by atoms with van der Waals surface area (Å²) in [6.07, 6.45) is 0. The van der Waals surface area contributed by atoms with Gasteiger partial charge in [0, 0.05) is 11.3 Å². The van der Waals surface area contributed by atoms with E-state index in [-0.39, 0.29) is 17.1 Å².